The fraction of sp³-hybridized carbons (Fsp3) is 0.684. The fourth-order valence-corrected chi connectivity index (χ4v) is 2.42. The van der Waals surface area contributed by atoms with Crippen LogP contribution in [-0.4, -0.2) is 38.1 Å². The summed E-state index contributed by atoms with van der Waals surface area (Å²) in [6.07, 6.45) is 1.28. The van der Waals surface area contributed by atoms with Crippen LogP contribution in [0.25, 0.3) is 0 Å². The molecule has 0 heterocycles. The molecule has 0 aliphatic rings. The van der Waals surface area contributed by atoms with Gasteiger partial charge in [0.2, 0.25) is 0 Å². The molecule has 0 saturated carbocycles. The first-order chi connectivity index (χ1) is 9.93. The number of hydrogen-bond acceptors (Lipinski definition) is 2. The third-order valence-corrected chi connectivity index (χ3v) is 4.15. The Balaban J connectivity index is 2.50. The summed E-state index contributed by atoms with van der Waals surface area (Å²) in [6, 6.07) is 9.08. The predicted molar refractivity (Wildman–Crippen MR) is 95.4 cm³/mol. The van der Waals surface area contributed by atoms with Gasteiger partial charge in [-0.2, -0.15) is 0 Å². The van der Waals surface area contributed by atoms with E-state index in [9.17, 15) is 0 Å². The van der Waals surface area contributed by atoms with E-state index in [1.807, 2.05) is 0 Å². The Morgan fingerprint density at radius 1 is 0.905 bits per heavy atom. The van der Waals surface area contributed by atoms with Gasteiger partial charge in [0.15, 0.2) is 0 Å². The summed E-state index contributed by atoms with van der Waals surface area (Å²) < 4.78 is 0. The van der Waals surface area contributed by atoms with Crippen molar-refractivity contribution in [2.75, 3.05) is 38.1 Å². The van der Waals surface area contributed by atoms with Gasteiger partial charge in [0.1, 0.15) is 0 Å². The molecule has 0 N–H and O–H groups in total. The van der Waals surface area contributed by atoms with Crippen LogP contribution in [0.2, 0.25) is 0 Å². The average Bonchev–Trinajstić information content (AvgIpc) is 2.46. The third-order valence-electron chi connectivity index (χ3n) is 4.15. The topological polar surface area (TPSA) is 6.48 Å². The van der Waals surface area contributed by atoms with E-state index < -0.39 is 0 Å². The van der Waals surface area contributed by atoms with Crippen LogP contribution in [0.3, 0.4) is 0 Å². The van der Waals surface area contributed by atoms with Gasteiger partial charge in [-0.15, -0.1) is 0 Å². The summed E-state index contributed by atoms with van der Waals surface area (Å²) in [5.74, 6) is 1.40. The summed E-state index contributed by atoms with van der Waals surface area (Å²) in [5, 5.41) is 0. The highest BCUT2D eigenvalue weighted by molar-refractivity contribution is 5.48. The molecule has 0 bridgehead atoms. The fourth-order valence-electron chi connectivity index (χ4n) is 2.42. The second-order valence-corrected chi connectivity index (χ2v) is 6.81. The molecular weight excluding hydrogens is 256 g/mol. The Bertz CT molecular complexity index is 381. The smallest absolute Gasteiger partial charge is 0.0366 e. The van der Waals surface area contributed by atoms with Crippen molar-refractivity contribution in [3.8, 4) is 0 Å². The van der Waals surface area contributed by atoms with E-state index in [1.54, 1.807) is 0 Å². The van der Waals surface area contributed by atoms with Crippen molar-refractivity contribution in [2.24, 2.45) is 5.92 Å². The highest BCUT2D eigenvalue weighted by Crippen LogP contribution is 2.20. The maximum Gasteiger partial charge on any atom is 0.0366 e. The summed E-state index contributed by atoms with van der Waals surface area (Å²) in [7, 11) is 2.23. The molecule has 0 saturated heterocycles. The zero-order chi connectivity index (χ0) is 15.8. The third kappa shape index (κ3) is 6.52. The second kappa shape index (κ2) is 9.09. The Hall–Kier alpha value is -1.02. The zero-order valence-electron chi connectivity index (χ0n) is 14.9. The second-order valence-electron chi connectivity index (χ2n) is 6.81. The molecule has 21 heavy (non-hydrogen) atoms. The van der Waals surface area contributed by atoms with Crippen molar-refractivity contribution in [1.29, 1.82) is 0 Å². The number of anilines is 1. The molecule has 0 fully saturated rings. The lowest BCUT2D eigenvalue weighted by molar-refractivity contribution is 0.315. The highest BCUT2D eigenvalue weighted by Gasteiger charge is 2.07. The van der Waals surface area contributed by atoms with Gasteiger partial charge in [0.05, 0.1) is 0 Å². The first kappa shape index (κ1) is 18.0. The SMILES string of the molecule is CCN(CCN(C)CCC(C)C)c1ccc(C(C)C)cc1. The average molecular weight is 290 g/mol. The largest absolute Gasteiger partial charge is 0.371 e. The number of hydrogen-bond donors (Lipinski definition) is 0. The zero-order valence-corrected chi connectivity index (χ0v) is 14.9. The van der Waals surface area contributed by atoms with E-state index in [1.165, 1.54) is 24.2 Å². The summed E-state index contributed by atoms with van der Waals surface area (Å²) in [5.41, 5.74) is 2.77. The number of rotatable bonds is 9. The van der Waals surface area contributed by atoms with Crippen LogP contribution >= 0.6 is 0 Å². The van der Waals surface area contributed by atoms with E-state index in [0.717, 1.165) is 25.6 Å². The lowest BCUT2D eigenvalue weighted by Crippen LogP contribution is -2.34. The van der Waals surface area contributed by atoms with Gasteiger partial charge in [0.25, 0.3) is 0 Å². The number of nitrogens with zero attached hydrogens (tertiary/aromatic N) is 2. The minimum absolute atomic E-state index is 0.608. The van der Waals surface area contributed by atoms with Crippen LogP contribution in [0, 0.1) is 5.92 Å². The van der Waals surface area contributed by atoms with Crippen LogP contribution in [0.4, 0.5) is 5.69 Å². The summed E-state index contributed by atoms with van der Waals surface area (Å²) in [4.78, 5) is 4.92. The quantitative estimate of drug-likeness (QED) is 0.655. The van der Waals surface area contributed by atoms with Crippen LogP contribution in [0.5, 0.6) is 0 Å². The van der Waals surface area contributed by atoms with E-state index in [2.05, 4.69) is 75.7 Å². The predicted octanol–water partition coefficient (Wildman–Crippen LogP) is 4.61. The Kier molecular flexibility index (Phi) is 7.81. The Labute approximate surface area is 132 Å². The first-order valence-corrected chi connectivity index (χ1v) is 8.47. The van der Waals surface area contributed by atoms with E-state index in [-0.39, 0.29) is 0 Å². The maximum absolute atomic E-state index is 2.47. The standard InChI is InChI=1S/C19H34N2/c1-7-21(15-14-20(6)13-12-16(2)3)19-10-8-18(9-11-19)17(4)5/h8-11,16-17H,7,12-15H2,1-6H3. The molecule has 0 radical (unpaired) electrons. The lowest BCUT2D eigenvalue weighted by Gasteiger charge is -2.27. The normalized spacial score (nSPS) is 11.7. The molecule has 0 atom stereocenters. The molecule has 2 heteroatoms. The van der Waals surface area contributed by atoms with Crippen molar-refractivity contribution in [2.45, 2.75) is 47.0 Å². The van der Waals surface area contributed by atoms with Gasteiger partial charge in [-0.25, -0.2) is 0 Å². The van der Waals surface area contributed by atoms with Gasteiger partial charge >= 0.3 is 0 Å². The molecule has 1 aromatic rings. The first-order valence-electron chi connectivity index (χ1n) is 8.47. The minimum atomic E-state index is 0.608. The number of benzene rings is 1. The molecule has 0 aliphatic carbocycles. The number of likely N-dealkylation sites (N-methyl/N-ethyl adjacent to an activating group) is 2. The van der Waals surface area contributed by atoms with Gasteiger partial charge in [-0.3, -0.25) is 0 Å². The summed E-state index contributed by atoms with van der Waals surface area (Å²) >= 11 is 0. The molecule has 0 spiro atoms. The van der Waals surface area contributed by atoms with Crippen LogP contribution in [0.1, 0.15) is 52.5 Å². The van der Waals surface area contributed by atoms with Gasteiger partial charge in [0, 0.05) is 25.3 Å². The lowest BCUT2D eigenvalue weighted by atomic mass is 10.0. The monoisotopic (exact) mass is 290 g/mol. The maximum atomic E-state index is 2.47. The van der Waals surface area contributed by atoms with Gasteiger partial charge in [-0.05, 0) is 56.5 Å². The molecule has 0 aromatic heterocycles. The van der Waals surface area contributed by atoms with Gasteiger partial charge in [-0.1, -0.05) is 39.8 Å². The van der Waals surface area contributed by atoms with Crippen LogP contribution in [-0.2, 0) is 0 Å². The molecule has 0 unspecified atom stereocenters. The van der Waals surface area contributed by atoms with Crippen molar-refractivity contribution in [1.82, 2.24) is 4.90 Å². The highest BCUT2D eigenvalue weighted by atomic mass is 15.2. The minimum Gasteiger partial charge on any atom is -0.371 e. The van der Waals surface area contributed by atoms with Crippen LogP contribution in [0.15, 0.2) is 24.3 Å². The van der Waals surface area contributed by atoms with E-state index in [0.29, 0.717) is 5.92 Å². The summed E-state index contributed by atoms with van der Waals surface area (Å²) in [6.45, 7) is 15.8. The Morgan fingerprint density at radius 3 is 2.00 bits per heavy atom. The molecular formula is C19H34N2. The van der Waals surface area contributed by atoms with Crippen molar-refractivity contribution >= 4 is 5.69 Å². The van der Waals surface area contributed by atoms with Crippen molar-refractivity contribution in [3.05, 3.63) is 29.8 Å². The van der Waals surface area contributed by atoms with Crippen molar-refractivity contribution < 1.29 is 0 Å². The van der Waals surface area contributed by atoms with E-state index in [4.69, 9.17) is 0 Å². The van der Waals surface area contributed by atoms with E-state index >= 15 is 0 Å². The molecule has 1 aromatic carbocycles. The Morgan fingerprint density at radius 2 is 1.52 bits per heavy atom. The molecule has 120 valence electrons. The van der Waals surface area contributed by atoms with Gasteiger partial charge < -0.3 is 9.80 Å². The van der Waals surface area contributed by atoms with Crippen LogP contribution < -0.4 is 4.90 Å². The molecule has 1 rings (SSSR count). The molecule has 0 amide bonds. The molecule has 0 aliphatic heterocycles. The molecule has 2 nitrogen and oxygen atoms in total. The van der Waals surface area contributed by atoms with Crippen molar-refractivity contribution in [3.63, 3.8) is 0 Å².